The third-order valence-corrected chi connectivity index (χ3v) is 7.30. The number of hydrogen-bond donors (Lipinski definition) is 4. The Morgan fingerprint density at radius 3 is 1.93 bits per heavy atom. The van der Waals surface area contributed by atoms with Crippen LogP contribution in [0.5, 0.6) is 0 Å². The summed E-state index contributed by atoms with van der Waals surface area (Å²) in [6.45, 7) is 13.0. The number of nitrogens with two attached hydrogens (primary N) is 1. The second kappa shape index (κ2) is 17.8. The summed E-state index contributed by atoms with van der Waals surface area (Å²) in [5.74, 6) is -1.60. The highest BCUT2D eigenvalue weighted by atomic mass is 16.5. The van der Waals surface area contributed by atoms with Crippen molar-refractivity contribution in [1.82, 2.24) is 30.7 Å². The molecule has 5 N–H and O–H groups in total. The number of likely N-dealkylation sites (N-methyl/N-ethyl adjacent to an activating group) is 4. The standard InChI is InChI=1S/C32H55N7O6/c1-20(2)17-23(34-8)27(40)36-26(21(3)4)29(42)39(11)31(44)37(9)25(18-22-15-13-12-14-16-22)35-24(19-45-32(5,6)7)28(41)38(10)30(33)43/h12-16,20-21,23-26,34-35H,17-19H2,1-11H3,(H2,33,43)(H,36,40)/t23-,24-,25-,26-/m0/s1. The van der Waals surface area contributed by atoms with E-state index in [1.807, 2.05) is 65.0 Å². The van der Waals surface area contributed by atoms with Crippen molar-refractivity contribution < 1.29 is 28.7 Å². The molecule has 0 aromatic heterocycles. The van der Waals surface area contributed by atoms with E-state index in [-0.39, 0.29) is 30.8 Å². The summed E-state index contributed by atoms with van der Waals surface area (Å²) in [4.78, 5) is 68.8. The SMILES string of the molecule is CN[C@@H](CC(C)C)C(=O)N[C@H](C(=O)N(C)C(=O)N(C)[C@@H](Cc1ccccc1)N[C@@H](COC(C)(C)C)C(=O)N(C)C(N)=O)C(C)C. The van der Waals surface area contributed by atoms with Crippen molar-refractivity contribution in [1.29, 1.82) is 0 Å². The average Bonchev–Trinajstić information content (AvgIpc) is 2.97. The van der Waals surface area contributed by atoms with Gasteiger partial charge >= 0.3 is 12.1 Å². The van der Waals surface area contributed by atoms with Gasteiger partial charge < -0.3 is 26.0 Å². The van der Waals surface area contributed by atoms with Crippen LogP contribution in [0.4, 0.5) is 9.59 Å². The third-order valence-electron chi connectivity index (χ3n) is 7.30. The number of amides is 7. The third kappa shape index (κ3) is 12.8. The number of primary amides is 1. The van der Waals surface area contributed by atoms with Gasteiger partial charge in [0.25, 0.3) is 5.91 Å². The fourth-order valence-electron chi connectivity index (χ4n) is 4.51. The lowest BCUT2D eigenvalue weighted by Crippen LogP contribution is -2.62. The van der Waals surface area contributed by atoms with Gasteiger partial charge in [-0.1, -0.05) is 58.0 Å². The molecule has 1 aromatic carbocycles. The molecule has 0 radical (unpaired) electrons. The van der Waals surface area contributed by atoms with Gasteiger partial charge in [0, 0.05) is 27.6 Å². The first-order valence-electron chi connectivity index (χ1n) is 15.3. The topological polar surface area (TPSA) is 166 Å². The molecule has 45 heavy (non-hydrogen) atoms. The predicted molar refractivity (Wildman–Crippen MR) is 174 cm³/mol. The Balaban J connectivity index is 3.37. The van der Waals surface area contributed by atoms with Crippen LogP contribution >= 0.6 is 0 Å². The lowest BCUT2D eigenvalue weighted by molar-refractivity contribution is -0.136. The fourth-order valence-corrected chi connectivity index (χ4v) is 4.51. The molecule has 7 amide bonds. The molecule has 0 saturated heterocycles. The number of imide groups is 2. The maximum absolute atomic E-state index is 13.8. The molecule has 0 heterocycles. The molecular weight excluding hydrogens is 578 g/mol. The lowest BCUT2D eigenvalue weighted by Gasteiger charge is -2.36. The van der Waals surface area contributed by atoms with Gasteiger partial charge in [-0.05, 0) is 51.6 Å². The number of rotatable bonds is 15. The summed E-state index contributed by atoms with van der Waals surface area (Å²) < 4.78 is 5.89. The second-order valence-electron chi connectivity index (χ2n) is 13.1. The minimum absolute atomic E-state index is 0.119. The highest BCUT2D eigenvalue weighted by Gasteiger charge is 2.36. The smallest absolute Gasteiger partial charge is 0.327 e. The van der Waals surface area contributed by atoms with Crippen molar-refractivity contribution in [2.24, 2.45) is 17.6 Å². The summed E-state index contributed by atoms with van der Waals surface area (Å²) in [5.41, 5.74) is 5.63. The minimum Gasteiger partial charge on any atom is -0.374 e. The number of benzene rings is 1. The van der Waals surface area contributed by atoms with Gasteiger partial charge in [-0.15, -0.1) is 0 Å². The summed E-state index contributed by atoms with van der Waals surface area (Å²) in [6, 6.07) is 5.20. The molecule has 1 rings (SSSR count). The number of hydrogen-bond acceptors (Lipinski definition) is 8. The normalized spacial score (nSPS) is 14.3. The summed E-state index contributed by atoms with van der Waals surface area (Å²) in [7, 11) is 5.83. The average molecular weight is 634 g/mol. The van der Waals surface area contributed by atoms with Crippen molar-refractivity contribution in [2.45, 2.75) is 91.2 Å². The highest BCUT2D eigenvalue weighted by molar-refractivity contribution is 5.99. The van der Waals surface area contributed by atoms with E-state index in [0.717, 1.165) is 15.4 Å². The molecule has 254 valence electrons. The Labute approximate surface area is 268 Å². The van der Waals surface area contributed by atoms with E-state index < -0.39 is 53.8 Å². The van der Waals surface area contributed by atoms with Crippen LogP contribution in [0.1, 0.15) is 60.5 Å². The molecule has 1 aromatic rings. The van der Waals surface area contributed by atoms with Gasteiger partial charge in [0.15, 0.2) is 0 Å². The van der Waals surface area contributed by atoms with Crippen molar-refractivity contribution in [3.8, 4) is 0 Å². The van der Waals surface area contributed by atoms with E-state index in [1.165, 1.54) is 26.0 Å². The number of ether oxygens (including phenoxy) is 1. The molecule has 0 aliphatic heterocycles. The predicted octanol–water partition coefficient (Wildman–Crippen LogP) is 2.15. The van der Waals surface area contributed by atoms with Crippen molar-refractivity contribution >= 4 is 29.8 Å². The van der Waals surface area contributed by atoms with Gasteiger partial charge in [-0.3, -0.25) is 29.5 Å². The van der Waals surface area contributed by atoms with Gasteiger partial charge in [0.2, 0.25) is 11.8 Å². The van der Waals surface area contributed by atoms with E-state index >= 15 is 0 Å². The van der Waals surface area contributed by atoms with Crippen molar-refractivity contribution in [3.05, 3.63) is 35.9 Å². The Morgan fingerprint density at radius 2 is 1.47 bits per heavy atom. The number of urea groups is 2. The summed E-state index contributed by atoms with van der Waals surface area (Å²) in [5, 5.41) is 9.00. The van der Waals surface area contributed by atoms with E-state index in [0.29, 0.717) is 6.42 Å². The number of nitrogens with zero attached hydrogens (tertiary/aromatic N) is 3. The summed E-state index contributed by atoms with van der Waals surface area (Å²) in [6.07, 6.45) is 0.0181. The monoisotopic (exact) mass is 633 g/mol. The molecule has 13 nitrogen and oxygen atoms in total. The maximum Gasteiger partial charge on any atom is 0.327 e. The summed E-state index contributed by atoms with van der Waals surface area (Å²) >= 11 is 0. The Kier molecular flexibility index (Phi) is 15.6. The number of carbonyl (C=O) groups is 5. The van der Waals surface area contributed by atoms with Crippen LogP contribution in [0.2, 0.25) is 0 Å². The Morgan fingerprint density at radius 1 is 0.889 bits per heavy atom. The van der Waals surface area contributed by atoms with Gasteiger partial charge in [-0.2, -0.15) is 0 Å². The fraction of sp³-hybridized carbons (Fsp3) is 0.656. The Hall–Kier alpha value is -3.55. The van der Waals surface area contributed by atoms with E-state index in [2.05, 4.69) is 16.0 Å². The van der Waals surface area contributed by atoms with Gasteiger partial charge in [-0.25, -0.2) is 9.59 Å². The van der Waals surface area contributed by atoms with Crippen LogP contribution in [0.15, 0.2) is 30.3 Å². The molecule has 0 aliphatic carbocycles. The number of carbonyl (C=O) groups excluding carboxylic acids is 5. The lowest BCUT2D eigenvalue weighted by atomic mass is 10.00. The molecule has 0 bridgehead atoms. The quantitative estimate of drug-likeness (QED) is 0.213. The zero-order valence-corrected chi connectivity index (χ0v) is 28.8. The van der Waals surface area contributed by atoms with Crippen LogP contribution in [0.25, 0.3) is 0 Å². The zero-order valence-electron chi connectivity index (χ0n) is 28.8. The van der Waals surface area contributed by atoms with Crippen LogP contribution in [0.3, 0.4) is 0 Å². The van der Waals surface area contributed by atoms with E-state index in [1.54, 1.807) is 20.9 Å². The van der Waals surface area contributed by atoms with Crippen molar-refractivity contribution in [3.63, 3.8) is 0 Å². The van der Waals surface area contributed by atoms with Crippen LogP contribution in [-0.2, 0) is 25.5 Å². The second-order valence-corrected chi connectivity index (χ2v) is 13.1. The molecule has 0 unspecified atom stereocenters. The number of nitrogens with one attached hydrogen (secondary N) is 3. The molecule has 4 atom stereocenters. The van der Waals surface area contributed by atoms with Crippen LogP contribution in [-0.4, -0.2) is 109 Å². The van der Waals surface area contributed by atoms with E-state index in [4.69, 9.17) is 10.5 Å². The first-order valence-corrected chi connectivity index (χ1v) is 15.3. The van der Waals surface area contributed by atoms with Crippen molar-refractivity contribution in [2.75, 3.05) is 34.8 Å². The first kappa shape index (κ1) is 39.5. The maximum atomic E-state index is 13.8. The Bertz CT molecular complexity index is 1140. The highest BCUT2D eigenvalue weighted by Crippen LogP contribution is 2.15. The molecular formula is C32H55N7O6. The molecule has 0 aliphatic rings. The molecule has 0 saturated carbocycles. The van der Waals surface area contributed by atoms with Gasteiger partial charge in [0.05, 0.1) is 24.4 Å². The molecule has 0 fully saturated rings. The van der Waals surface area contributed by atoms with Crippen LogP contribution < -0.4 is 21.7 Å². The minimum atomic E-state index is -1.06. The van der Waals surface area contributed by atoms with Gasteiger partial charge in [0.1, 0.15) is 12.1 Å². The largest absolute Gasteiger partial charge is 0.374 e. The zero-order chi connectivity index (χ0) is 34.6. The molecule has 0 spiro atoms. The van der Waals surface area contributed by atoms with Crippen LogP contribution in [0, 0.1) is 11.8 Å². The first-order chi connectivity index (χ1) is 20.8. The molecule has 13 heteroatoms. The van der Waals surface area contributed by atoms with E-state index in [9.17, 15) is 24.0 Å².